The standard InChI is InChI=1S/C15H17FN2O3S2/c1-23(20,21)18-9-8-12-6-7-14(22-12)15(19)17-10-11-4-2-3-5-13(11)16/h2-7,18H,8-10H2,1H3,(H,17,19). The zero-order valence-corrected chi connectivity index (χ0v) is 14.1. The van der Waals surface area contributed by atoms with Crippen molar-refractivity contribution in [3.8, 4) is 0 Å². The number of rotatable bonds is 7. The number of halogens is 1. The Morgan fingerprint density at radius 3 is 2.65 bits per heavy atom. The zero-order valence-electron chi connectivity index (χ0n) is 12.5. The molecule has 2 aromatic rings. The van der Waals surface area contributed by atoms with E-state index in [-0.39, 0.29) is 24.8 Å². The maximum Gasteiger partial charge on any atom is 0.261 e. The van der Waals surface area contributed by atoms with Crippen LogP contribution in [0.3, 0.4) is 0 Å². The van der Waals surface area contributed by atoms with E-state index in [1.54, 1.807) is 30.3 Å². The summed E-state index contributed by atoms with van der Waals surface area (Å²) in [7, 11) is -3.21. The summed E-state index contributed by atoms with van der Waals surface area (Å²) < 4.78 is 37.8. The molecule has 1 amide bonds. The van der Waals surface area contributed by atoms with Gasteiger partial charge in [-0.15, -0.1) is 11.3 Å². The smallest absolute Gasteiger partial charge is 0.261 e. The highest BCUT2D eigenvalue weighted by molar-refractivity contribution is 7.88. The molecule has 0 atom stereocenters. The van der Waals surface area contributed by atoms with Crippen LogP contribution >= 0.6 is 11.3 Å². The Balaban J connectivity index is 1.87. The molecule has 0 saturated heterocycles. The monoisotopic (exact) mass is 356 g/mol. The summed E-state index contributed by atoms with van der Waals surface area (Å²) in [5, 5.41) is 2.67. The molecular weight excluding hydrogens is 339 g/mol. The number of nitrogens with one attached hydrogen (secondary N) is 2. The summed E-state index contributed by atoms with van der Waals surface area (Å²) >= 11 is 1.29. The summed E-state index contributed by atoms with van der Waals surface area (Å²) in [6.07, 6.45) is 1.61. The summed E-state index contributed by atoms with van der Waals surface area (Å²) in [4.78, 5) is 13.5. The molecule has 0 bridgehead atoms. The first-order chi connectivity index (χ1) is 10.8. The molecule has 1 aromatic heterocycles. The van der Waals surface area contributed by atoms with Gasteiger partial charge in [-0.05, 0) is 24.6 Å². The number of amides is 1. The first kappa shape index (κ1) is 17.6. The van der Waals surface area contributed by atoms with Gasteiger partial charge in [0.2, 0.25) is 10.0 Å². The number of benzene rings is 1. The number of carbonyl (C=O) groups excluding carboxylic acids is 1. The molecule has 0 radical (unpaired) electrons. The molecule has 124 valence electrons. The predicted molar refractivity (Wildman–Crippen MR) is 88.4 cm³/mol. The van der Waals surface area contributed by atoms with Crippen LogP contribution in [0, 0.1) is 5.82 Å². The Bertz CT molecular complexity index is 788. The van der Waals surface area contributed by atoms with Crippen LogP contribution in [0.2, 0.25) is 0 Å². The van der Waals surface area contributed by atoms with Gasteiger partial charge in [-0.1, -0.05) is 18.2 Å². The van der Waals surface area contributed by atoms with E-state index in [0.717, 1.165) is 11.1 Å². The van der Waals surface area contributed by atoms with Gasteiger partial charge >= 0.3 is 0 Å². The Hall–Kier alpha value is -1.77. The lowest BCUT2D eigenvalue weighted by Crippen LogP contribution is -2.24. The maximum atomic E-state index is 13.5. The highest BCUT2D eigenvalue weighted by atomic mass is 32.2. The molecule has 0 saturated carbocycles. The minimum Gasteiger partial charge on any atom is -0.347 e. The van der Waals surface area contributed by atoms with E-state index in [1.807, 2.05) is 0 Å². The van der Waals surface area contributed by atoms with E-state index in [4.69, 9.17) is 0 Å². The van der Waals surface area contributed by atoms with Crippen molar-refractivity contribution in [2.24, 2.45) is 0 Å². The van der Waals surface area contributed by atoms with Crippen LogP contribution in [0.5, 0.6) is 0 Å². The quantitative estimate of drug-likeness (QED) is 0.796. The molecule has 5 nitrogen and oxygen atoms in total. The second-order valence-electron chi connectivity index (χ2n) is 4.96. The molecule has 23 heavy (non-hydrogen) atoms. The van der Waals surface area contributed by atoms with Gasteiger partial charge in [0.25, 0.3) is 5.91 Å². The van der Waals surface area contributed by atoms with E-state index in [0.29, 0.717) is 16.9 Å². The van der Waals surface area contributed by atoms with Crippen molar-refractivity contribution in [2.45, 2.75) is 13.0 Å². The van der Waals surface area contributed by atoms with Crippen molar-refractivity contribution in [2.75, 3.05) is 12.8 Å². The topological polar surface area (TPSA) is 75.3 Å². The number of sulfonamides is 1. The van der Waals surface area contributed by atoms with Gasteiger partial charge in [0, 0.05) is 23.5 Å². The Morgan fingerprint density at radius 2 is 1.96 bits per heavy atom. The number of hydrogen-bond donors (Lipinski definition) is 2. The van der Waals surface area contributed by atoms with E-state index >= 15 is 0 Å². The molecule has 2 rings (SSSR count). The minimum atomic E-state index is -3.21. The second-order valence-corrected chi connectivity index (χ2v) is 7.96. The van der Waals surface area contributed by atoms with Gasteiger partial charge < -0.3 is 5.32 Å². The maximum absolute atomic E-state index is 13.5. The molecule has 0 aliphatic carbocycles. The van der Waals surface area contributed by atoms with Crippen LogP contribution < -0.4 is 10.0 Å². The van der Waals surface area contributed by atoms with Crippen molar-refractivity contribution in [1.29, 1.82) is 0 Å². The third-order valence-electron chi connectivity index (χ3n) is 3.02. The molecule has 0 spiro atoms. The molecular formula is C15H17FN2O3S2. The molecule has 1 heterocycles. The van der Waals surface area contributed by atoms with Crippen molar-refractivity contribution in [3.05, 3.63) is 57.5 Å². The first-order valence-corrected chi connectivity index (χ1v) is 9.61. The third kappa shape index (κ3) is 5.74. The van der Waals surface area contributed by atoms with Crippen LogP contribution in [0.25, 0.3) is 0 Å². The van der Waals surface area contributed by atoms with Gasteiger partial charge in [-0.25, -0.2) is 17.5 Å². The van der Waals surface area contributed by atoms with Crippen LogP contribution in [0.15, 0.2) is 36.4 Å². The normalized spacial score (nSPS) is 11.4. The summed E-state index contributed by atoms with van der Waals surface area (Å²) in [6.45, 7) is 0.407. The summed E-state index contributed by atoms with van der Waals surface area (Å²) in [5.41, 5.74) is 0.426. The lowest BCUT2D eigenvalue weighted by Gasteiger charge is -2.04. The highest BCUT2D eigenvalue weighted by Gasteiger charge is 2.10. The first-order valence-electron chi connectivity index (χ1n) is 6.90. The third-order valence-corrected chi connectivity index (χ3v) is 4.89. The van der Waals surface area contributed by atoms with Gasteiger partial charge in [0.1, 0.15) is 5.82 Å². The van der Waals surface area contributed by atoms with Gasteiger partial charge in [-0.2, -0.15) is 0 Å². The SMILES string of the molecule is CS(=O)(=O)NCCc1ccc(C(=O)NCc2ccccc2F)s1. The lowest BCUT2D eigenvalue weighted by atomic mass is 10.2. The minimum absolute atomic E-state index is 0.119. The fraction of sp³-hybridized carbons (Fsp3) is 0.267. The highest BCUT2D eigenvalue weighted by Crippen LogP contribution is 2.17. The van der Waals surface area contributed by atoms with Crippen molar-refractivity contribution < 1.29 is 17.6 Å². The number of carbonyl (C=O) groups is 1. The fourth-order valence-electron chi connectivity index (χ4n) is 1.90. The molecule has 1 aromatic carbocycles. The van der Waals surface area contributed by atoms with Crippen LogP contribution in [0.4, 0.5) is 4.39 Å². The van der Waals surface area contributed by atoms with Crippen molar-refractivity contribution in [3.63, 3.8) is 0 Å². The average molecular weight is 356 g/mol. The van der Waals surface area contributed by atoms with Gasteiger partial charge in [-0.3, -0.25) is 4.79 Å². The molecule has 0 fully saturated rings. The van der Waals surface area contributed by atoms with E-state index in [9.17, 15) is 17.6 Å². The van der Waals surface area contributed by atoms with E-state index < -0.39 is 10.0 Å². The predicted octanol–water partition coefficient (Wildman–Crippen LogP) is 1.91. The molecule has 2 N–H and O–H groups in total. The Labute approximate surface area is 138 Å². The summed E-state index contributed by atoms with van der Waals surface area (Å²) in [6, 6.07) is 9.73. The van der Waals surface area contributed by atoms with Gasteiger partial charge in [0.15, 0.2) is 0 Å². The lowest BCUT2D eigenvalue weighted by molar-refractivity contribution is 0.0954. The number of thiophene rings is 1. The van der Waals surface area contributed by atoms with Crippen LogP contribution in [0.1, 0.15) is 20.1 Å². The summed E-state index contributed by atoms with van der Waals surface area (Å²) in [5.74, 6) is -0.632. The fourth-order valence-corrected chi connectivity index (χ4v) is 3.29. The van der Waals surface area contributed by atoms with Crippen molar-refractivity contribution in [1.82, 2.24) is 10.0 Å². The zero-order chi connectivity index (χ0) is 16.9. The molecule has 0 unspecified atom stereocenters. The Kier molecular flexibility index (Phi) is 5.86. The second kappa shape index (κ2) is 7.67. The Morgan fingerprint density at radius 1 is 1.22 bits per heavy atom. The van der Waals surface area contributed by atoms with Crippen molar-refractivity contribution >= 4 is 27.3 Å². The molecule has 0 aliphatic heterocycles. The average Bonchev–Trinajstić information content (AvgIpc) is 2.94. The van der Waals surface area contributed by atoms with Crippen LogP contribution in [-0.4, -0.2) is 27.1 Å². The molecule has 8 heteroatoms. The molecule has 0 aliphatic rings. The number of hydrogen-bond acceptors (Lipinski definition) is 4. The largest absolute Gasteiger partial charge is 0.347 e. The van der Waals surface area contributed by atoms with E-state index in [1.165, 1.54) is 17.4 Å². The van der Waals surface area contributed by atoms with Gasteiger partial charge in [0.05, 0.1) is 11.1 Å². The van der Waals surface area contributed by atoms with Crippen LogP contribution in [-0.2, 0) is 23.0 Å². The van der Waals surface area contributed by atoms with E-state index in [2.05, 4.69) is 10.0 Å².